The third kappa shape index (κ3) is 3.56. The number of likely N-dealkylation sites (N-methyl/N-ethyl adjacent to an activating group) is 1. The fraction of sp³-hybridized carbons (Fsp3) is 0.625. The number of rotatable bonds is 4. The van der Waals surface area contributed by atoms with Crippen LogP contribution in [0.3, 0.4) is 0 Å². The van der Waals surface area contributed by atoms with Gasteiger partial charge < -0.3 is 10.2 Å². The first kappa shape index (κ1) is 13.6. The summed E-state index contributed by atoms with van der Waals surface area (Å²) in [5, 5.41) is 3.72. The summed E-state index contributed by atoms with van der Waals surface area (Å²) in [7, 11) is 0. The van der Waals surface area contributed by atoms with Crippen LogP contribution >= 0.6 is 0 Å². The molecule has 1 aromatic rings. The second-order valence-electron chi connectivity index (χ2n) is 5.54. The van der Waals surface area contributed by atoms with Crippen molar-refractivity contribution in [3.63, 3.8) is 0 Å². The quantitative estimate of drug-likeness (QED) is 0.879. The summed E-state index contributed by atoms with van der Waals surface area (Å²) < 4.78 is 0. The lowest BCUT2D eigenvalue weighted by Gasteiger charge is -2.32. The fourth-order valence-electron chi connectivity index (χ4n) is 2.81. The van der Waals surface area contributed by atoms with E-state index in [0.29, 0.717) is 6.04 Å². The van der Waals surface area contributed by atoms with Crippen LogP contribution in [0.4, 0.5) is 0 Å². The Morgan fingerprint density at radius 2 is 2.17 bits per heavy atom. The van der Waals surface area contributed by atoms with Gasteiger partial charge in [0.15, 0.2) is 0 Å². The van der Waals surface area contributed by atoms with Crippen LogP contribution in [-0.4, -0.2) is 30.6 Å². The molecule has 1 aliphatic rings. The Hall–Kier alpha value is -0.860. The number of likely N-dealkylation sites (tertiary alicyclic amines) is 1. The van der Waals surface area contributed by atoms with Gasteiger partial charge in [0.25, 0.3) is 0 Å². The van der Waals surface area contributed by atoms with Gasteiger partial charge in [0.05, 0.1) is 0 Å². The summed E-state index contributed by atoms with van der Waals surface area (Å²) in [5.41, 5.74) is 4.20. The lowest BCUT2D eigenvalue weighted by atomic mass is 10.0. The molecule has 2 rings (SSSR count). The van der Waals surface area contributed by atoms with E-state index in [1.54, 1.807) is 0 Å². The molecule has 0 bridgehead atoms. The normalized spacial score (nSPS) is 21.2. The first-order valence-corrected chi connectivity index (χ1v) is 7.21. The zero-order chi connectivity index (χ0) is 13.0. The highest BCUT2D eigenvalue weighted by Gasteiger charge is 2.17. The van der Waals surface area contributed by atoms with Gasteiger partial charge in [0.2, 0.25) is 0 Å². The summed E-state index contributed by atoms with van der Waals surface area (Å²) in [6, 6.07) is 7.41. The van der Waals surface area contributed by atoms with Crippen LogP contribution < -0.4 is 5.32 Å². The lowest BCUT2D eigenvalue weighted by Crippen LogP contribution is -2.45. The molecule has 1 fully saturated rings. The minimum absolute atomic E-state index is 0.666. The molecular weight excluding hydrogens is 220 g/mol. The molecule has 0 aliphatic carbocycles. The molecule has 1 atom stereocenters. The lowest BCUT2D eigenvalue weighted by molar-refractivity contribution is 0.198. The van der Waals surface area contributed by atoms with Crippen molar-refractivity contribution in [2.24, 2.45) is 0 Å². The maximum Gasteiger partial charge on any atom is 0.0211 e. The van der Waals surface area contributed by atoms with E-state index in [0.717, 1.165) is 6.54 Å². The minimum atomic E-state index is 0.666. The molecule has 0 saturated carbocycles. The molecular formula is C16H26N2. The van der Waals surface area contributed by atoms with Crippen molar-refractivity contribution in [2.45, 2.75) is 46.2 Å². The van der Waals surface area contributed by atoms with E-state index in [1.165, 1.54) is 49.2 Å². The Kier molecular flexibility index (Phi) is 4.79. The summed E-state index contributed by atoms with van der Waals surface area (Å²) in [4.78, 5) is 2.54. The van der Waals surface area contributed by atoms with E-state index in [2.05, 4.69) is 49.2 Å². The molecule has 18 heavy (non-hydrogen) atoms. The number of hydrogen-bond acceptors (Lipinski definition) is 2. The van der Waals surface area contributed by atoms with Crippen LogP contribution in [0.1, 0.15) is 36.5 Å². The maximum atomic E-state index is 3.72. The molecule has 1 N–H and O–H groups in total. The van der Waals surface area contributed by atoms with Crippen LogP contribution in [0.15, 0.2) is 18.2 Å². The van der Waals surface area contributed by atoms with Crippen molar-refractivity contribution in [1.82, 2.24) is 10.2 Å². The summed E-state index contributed by atoms with van der Waals surface area (Å²) in [5.74, 6) is 0. The Bertz CT molecular complexity index is 387. The summed E-state index contributed by atoms with van der Waals surface area (Å²) in [6.45, 7) is 11.3. The molecule has 0 aromatic heterocycles. The van der Waals surface area contributed by atoms with Gasteiger partial charge in [-0.05, 0) is 50.9 Å². The average molecular weight is 246 g/mol. The molecule has 0 spiro atoms. The molecule has 1 saturated heterocycles. The minimum Gasteiger partial charge on any atom is -0.309 e. The molecule has 0 amide bonds. The Morgan fingerprint density at radius 3 is 2.89 bits per heavy atom. The molecule has 2 heteroatoms. The third-order valence-corrected chi connectivity index (χ3v) is 4.03. The second-order valence-corrected chi connectivity index (χ2v) is 5.54. The Balaban J connectivity index is 1.87. The topological polar surface area (TPSA) is 15.3 Å². The summed E-state index contributed by atoms with van der Waals surface area (Å²) >= 11 is 0. The van der Waals surface area contributed by atoms with Crippen LogP contribution in [0.2, 0.25) is 0 Å². The maximum absolute atomic E-state index is 3.72. The van der Waals surface area contributed by atoms with E-state index in [-0.39, 0.29) is 0 Å². The van der Waals surface area contributed by atoms with Gasteiger partial charge in [0, 0.05) is 19.1 Å². The van der Waals surface area contributed by atoms with Crippen LogP contribution in [-0.2, 0) is 6.54 Å². The predicted molar refractivity (Wildman–Crippen MR) is 77.9 cm³/mol. The predicted octanol–water partition coefficient (Wildman–Crippen LogP) is 2.88. The number of piperidine rings is 1. The molecule has 2 nitrogen and oxygen atoms in total. The van der Waals surface area contributed by atoms with Crippen molar-refractivity contribution in [1.29, 1.82) is 0 Å². The van der Waals surface area contributed by atoms with E-state index >= 15 is 0 Å². The van der Waals surface area contributed by atoms with E-state index < -0.39 is 0 Å². The number of nitrogens with one attached hydrogen (secondary N) is 1. The van der Waals surface area contributed by atoms with Gasteiger partial charge >= 0.3 is 0 Å². The first-order valence-electron chi connectivity index (χ1n) is 7.21. The van der Waals surface area contributed by atoms with Crippen molar-refractivity contribution < 1.29 is 0 Å². The van der Waals surface area contributed by atoms with Crippen molar-refractivity contribution in [2.75, 3.05) is 19.6 Å². The molecule has 0 radical (unpaired) electrons. The van der Waals surface area contributed by atoms with Gasteiger partial charge in [-0.1, -0.05) is 30.7 Å². The van der Waals surface area contributed by atoms with Gasteiger partial charge in [-0.25, -0.2) is 0 Å². The first-order chi connectivity index (χ1) is 8.69. The van der Waals surface area contributed by atoms with Gasteiger partial charge in [-0.3, -0.25) is 0 Å². The number of nitrogens with zero attached hydrogens (tertiary/aromatic N) is 1. The standard InChI is InChI=1S/C16H26N2/c1-4-18-9-5-6-16(12-18)17-11-15-8-7-13(2)10-14(15)3/h7-8,10,16-17H,4-6,9,11-12H2,1-3H3. The van der Waals surface area contributed by atoms with Crippen LogP contribution in [0, 0.1) is 13.8 Å². The van der Waals surface area contributed by atoms with Crippen LogP contribution in [0.25, 0.3) is 0 Å². The third-order valence-electron chi connectivity index (χ3n) is 4.03. The molecule has 100 valence electrons. The Labute approximate surface area is 111 Å². The van der Waals surface area contributed by atoms with Gasteiger partial charge in [0.1, 0.15) is 0 Å². The number of benzene rings is 1. The molecule has 1 heterocycles. The zero-order valence-corrected chi connectivity index (χ0v) is 12.0. The highest BCUT2D eigenvalue weighted by molar-refractivity contribution is 5.30. The summed E-state index contributed by atoms with van der Waals surface area (Å²) in [6.07, 6.45) is 2.65. The van der Waals surface area contributed by atoms with E-state index in [1.807, 2.05) is 0 Å². The highest BCUT2D eigenvalue weighted by atomic mass is 15.2. The monoisotopic (exact) mass is 246 g/mol. The SMILES string of the molecule is CCN1CCCC(NCc2ccc(C)cc2C)C1. The molecule has 1 unspecified atom stereocenters. The van der Waals surface area contributed by atoms with Crippen molar-refractivity contribution in [3.8, 4) is 0 Å². The number of aryl methyl sites for hydroxylation is 2. The van der Waals surface area contributed by atoms with Crippen molar-refractivity contribution in [3.05, 3.63) is 34.9 Å². The van der Waals surface area contributed by atoms with Crippen LogP contribution in [0.5, 0.6) is 0 Å². The average Bonchev–Trinajstić information content (AvgIpc) is 2.38. The number of hydrogen-bond donors (Lipinski definition) is 1. The van der Waals surface area contributed by atoms with Crippen molar-refractivity contribution >= 4 is 0 Å². The smallest absolute Gasteiger partial charge is 0.0211 e. The largest absolute Gasteiger partial charge is 0.309 e. The second kappa shape index (κ2) is 6.35. The molecule has 1 aliphatic heterocycles. The molecule has 1 aromatic carbocycles. The van der Waals surface area contributed by atoms with Gasteiger partial charge in [-0.15, -0.1) is 0 Å². The van der Waals surface area contributed by atoms with Gasteiger partial charge in [-0.2, -0.15) is 0 Å². The highest BCUT2D eigenvalue weighted by Crippen LogP contribution is 2.13. The fourth-order valence-corrected chi connectivity index (χ4v) is 2.81. The zero-order valence-electron chi connectivity index (χ0n) is 12.0. The Morgan fingerprint density at radius 1 is 1.33 bits per heavy atom. The van der Waals surface area contributed by atoms with E-state index in [4.69, 9.17) is 0 Å². The van der Waals surface area contributed by atoms with E-state index in [9.17, 15) is 0 Å².